The van der Waals surface area contributed by atoms with Gasteiger partial charge in [0.1, 0.15) is 0 Å². The second kappa shape index (κ2) is 7.22. The number of H-pyrrole nitrogens is 1. The van der Waals surface area contributed by atoms with Crippen molar-refractivity contribution in [3.05, 3.63) is 36.0 Å². The van der Waals surface area contributed by atoms with Crippen LogP contribution in [0, 0.1) is 5.92 Å². The number of carbonyl (C=O) groups excluding carboxylic acids is 2. The Hall–Kier alpha value is -2.14. The molecular weight excluding hydrogens is 278 g/mol. The second-order valence-electron chi connectivity index (χ2n) is 5.98. The molecule has 22 heavy (non-hydrogen) atoms. The summed E-state index contributed by atoms with van der Waals surface area (Å²) in [5, 5.41) is 3.72. The Morgan fingerprint density at radius 1 is 1.36 bits per heavy atom. The van der Waals surface area contributed by atoms with Crippen molar-refractivity contribution in [2.45, 2.75) is 38.8 Å². The zero-order valence-electron chi connectivity index (χ0n) is 12.9. The first-order valence-corrected chi connectivity index (χ1v) is 7.50. The van der Waals surface area contributed by atoms with Gasteiger partial charge in [0.2, 0.25) is 12.2 Å². The molecule has 0 aliphatic heterocycles. The van der Waals surface area contributed by atoms with Crippen molar-refractivity contribution >= 4 is 23.1 Å². The third-order valence-electron chi connectivity index (χ3n) is 3.62. The number of benzene rings is 1. The number of hydrogen-bond donors (Lipinski definition) is 3. The monoisotopic (exact) mass is 300 g/mol. The molecule has 2 atom stereocenters. The van der Waals surface area contributed by atoms with Gasteiger partial charge < -0.3 is 16.0 Å². The summed E-state index contributed by atoms with van der Waals surface area (Å²) in [5.74, 6) is -0.0177. The van der Waals surface area contributed by atoms with Gasteiger partial charge in [-0.2, -0.15) is 0 Å². The lowest BCUT2D eigenvalue weighted by molar-refractivity contribution is -0.122. The molecule has 5 heteroatoms. The van der Waals surface area contributed by atoms with Gasteiger partial charge in [-0.1, -0.05) is 32.0 Å². The van der Waals surface area contributed by atoms with Gasteiger partial charge >= 0.3 is 0 Å². The third kappa shape index (κ3) is 3.95. The summed E-state index contributed by atoms with van der Waals surface area (Å²) in [5.41, 5.74) is 7.99. The maximum atomic E-state index is 12.1. The van der Waals surface area contributed by atoms with E-state index in [1.165, 1.54) is 0 Å². The fraction of sp³-hybridized carbons (Fsp3) is 0.412. The second-order valence-corrected chi connectivity index (χ2v) is 5.98. The van der Waals surface area contributed by atoms with Gasteiger partial charge in [-0.3, -0.25) is 9.59 Å². The highest BCUT2D eigenvalue weighted by Crippen LogP contribution is 2.18. The molecule has 1 heterocycles. The number of amides is 1. The Bertz CT molecular complexity index is 648. The molecule has 1 radical (unpaired) electrons. The SMILES string of the molecule is CC(C)C[C@@H]([C]=O)NC(=O)[C@@H](N)Cc1c[nH]c2ccccc12. The maximum Gasteiger partial charge on any atom is 0.237 e. The minimum absolute atomic E-state index is 0.302. The van der Waals surface area contributed by atoms with E-state index in [9.17, 15) is 9.59 Å². The molecule has 4 N–H and O–H groups in total. The van der Waals surface area contributed by atoms with Gasteiger partial charge in [-0.05, 0) is 30.4 Å². The van der Waals surface area contributed by atoms with Crippen molar-refractivity contribution in [1.29, 1.82) is 0 Å². The minimum atomic E-state index is -0.692. The third-order valence-corrected chi connectivity index (χ3v) is 3.62. The van der Waals surface area contributed by atoms with Crippen LogP contribution in [-0.2, 0) is 16.0 Å². The van der Waals surface area contributed by atoms with Gasteiger partial charge in [-0.25, -0.2) is 0 Å². The van der Waals surface area contributed by atoms with E-state index in [1.807, 2.05) is 50.6 Å². The van der Waals surface area contributed by atoms with E-state index in [0.717, 1.165) is 16.5 Å². The molecule has 0 spiro atoms. The molecular formula is C17H22N3O2. The molecule has 0 aliphatic carbocycles. The van der Waals surface area contributed by atoms with Crippen LogP contribution in [0.4, 0.5) is 0 Å². The van der Waals surface area contributed by atoms with Gasteiger partial charge in [0.05, 0.1) is 12.1 Å². The summed E-state index contributed by atoms with van der Waals surface area (Å²) in [6.45, 7) is 3.98. The quantitative estimate of drug-likeness (QED) is 0.727. The molecule has 2 rings (SSSR count). The van der Waals surface area contributed by atoms with Crippen LogP contribution in [0.3, 0.4) is 0 Å². The number of aromatic amines is 1. The number of rotatable bonds is 7. The number of carbonyl (C=O) groups is 1. The molecule has 1 amide bonds. The van der Waals surface area contributed by atoms with Crippen LogP contribution in [0.25, 0.3) is 10.9 Å². The highest BCUT2D eigenvalue weighted by Gasteiger charge is 2.20. The van der Waals surface area contributed by atoms with Crippen LogP contribution < -0.4 is 11.1 Å². The molecule has 1 aromatic heterocycles. The van der Waals surface area contributed by atoms with E-state index in [4.69, 9.17) is 5.73 Å². The van der Waals surface area contributed by atoms with Crippen LogP contribution in [0.2, 0.25) is 0 Å². The van der Waals surface area contributed by atoms with E-state index in [2.05, 4.69) is 10.3 Å². The van der Waals surface area contributed by atoms with E-state index in [1.54, 1.807) is 0 Å². The minimum Gasteiger partial charge on any atom is -0.361 e. The first kappa shape index (κ1) is 16.2. The zero-order valence-corrected chi connectivity index (χ0v) is 12.9. The number of nitrogens with one attached hydrogen (secondary N) is 2. The van der Waals surface area contributed by atoms with E-state index >= 15 is 0 Å². The Balaban J connectivity index is 2.00. The average molecular weight is 300 g/mol. The molecule has 0 bridgehead atoms. The summed E-state index contributed by atoms with van der Waals surface area (Å²) in [7, 11) is 0. The van der Waals surface area contributed by atoms with Crippen LogP contribution in [0.5, 0.6) is 0 Å². The molecule has 0 saturated heterocycles. The maximum absolute atomic E-state index is 12.1. The van der Waals surface area contributed by atoms with E-state index in [-0.39, 0.29) is 5.91 Å². The van der Waals surface area contributed by atoms with Gasteiger partial charge in [-0.15, -0.1) is 0 Å². The lowest BCUT2D eigenvalue weighted by Gasteiger charge is -2.17. The molecule has 1 aromatic carbocycles. The van der Waals surface area contributed by atoms with Crippen molar-refractivity contribution in [3.8, 4) is 0 Å². The molecule has 0 fully saturated rings. The molecule has 0 unspecified atom stereocenters. The van der Waals surface area contributed by atoms with Crippen molar-refractivity contribution < 1.29 is 9.59 Å². The molecule has 5 nitrogen and oxygen atoms in total. The predicted octanol–water partition coefficient (Wildman–Crippen LogP) is 1.68. The summed E-state index contributed by atoms with van der Waals surface area (Å²) >= 11 is 0. The number of nitrogens with two attached hydrogens (primary N) is 1. The van der Waals surface area contributed by atoms with Crippen molar-refractivity contribution in [1.82, 2.24) is 10.3 Å². The van der Waals surface area contributed by atoms with Crippen molar-refractivity contribution in [3.63, 3.8) is 0 Å². The summed E-state index contributed by atoms with van der Waals surface area (Å²) in [6, 6.07) is 6.58. The number of fused-ring (bicyclic) bond motifs is 1. The Morgan fingerprint density at radius 2 is 2.09 bits per heavy atom. The average Bonchev–Trinajstić information content (AvgIpc) is 2.89. The van der Waals surface area contributed by atoms with E-state index < -0.39 is 12.1 Å². The fourth-order valence-corrected chi connectivity index (χ4v) is 2.52. The van der Waals surface area contributed by atoms with Crippen molar-refractivity contribution in [2.24, 2.45) is 11.7 Å². The number of hydrogen-bond acceptors (Lipinski definition) is 3. The Labute approximate surface area is 130 Å². The first-order valence-electron chi connectivity index (χ1n) is 7.50. The first-order chi connectivity index (χ1) is 10.5. The lowest BCUT2D eigenvalue weighted by Crippen LogP contribution is -2.47. The van der Waals surface area contributed by atoms with Gasteiger partial charge in [0.15, 0.2) is 0 Å². The molecule has 117 valence electrons. The van der Waals surface area contributed by atoms with E-state index in [0.29, 0.717) is 18.8 Å². The summed E-state index contributed by atoms with van der Waals surface area (Å²) in [4.78, 5) is 26.2. The smallest absolute Gasteiger partial charge is 0.237 e. The lowest BCUT2D eigenvalue weighted by atomic mass is 10.0. The molecule has 2 aromatic rings. The largest absolute Gasteiger partial charge is 0.361 e. The van der Waals surface area contributed by atoms with Crippen LogP contribution >= 0.6 is 0 Å². The predicted molar refractivity (Wildman–Crippen MR) is 87.1 cm³/mol. The van der Waals surface area contributed by atoms with Crippen molar-refractivity contribution in [2.75, 3.05) is 0 Å². The highest BCUT2D eigenvalue weighted by atomic mass is 16.2. The number of aromatic nitrogens is 1. The summed E-state index contributed by atoms with van der Waals surface area (Å²) in [6.07, 6.45) is 4.72. The Kier molecular flexibility index (Phi) is 5.33. The van der Waals surface area contributed by atoms with Gasteiger partial charge in [0.25, 0.3) is 0 Å². The normalized spacial score (nSPS) is 14.0. The highest BCUT2D eigenvalue weighted by molar-refractivity contribution is 5.87. The zero-order chi connectivity index (χ0) is 16.1. The summed E-state index contributed by atoms with van der Waals surface area (Å²) < 4.78 is 0. The number of para-hydroxylation sites is 1. The van der Waals surface area contributed by atoms with Crippen LogP contribution in [-0.4, -0.2) is 29.3 Å². The topological polar surface area (TPSA) is 88.0 Å². The van der Waals surface area contributed by atoms with Crippen LogP contribution in [0.15, 0.2) is 30.5 Å². The molecule has 0 saturated carbocycles. The Morgan fingerprint density at radius 3 is 2.77 bits per heavy atom. The molecule has 0 aliphatic rings. The van der Waals surface area contributed by atoms with Crippen LogP contribution in [0.1, 0.15) is 25.8 Å². The standard InChI is InChI=1S/C17H22N3O2/c1-11(2)7-13(10-21)20-17(22)15(18)8-12-9-19-16-6-4-3-5-14(12)16/h3-6,9,11,13,15,19H,7-8,18H2,1-2H3,(H,20,22)/t13-,15-/m0/s1. The fourth-order valence-electron chi connectivity index (χ4n) is 2.52. The van der Waals surface area contributed by atoms with Gasteiger partial charge in [0, 0.05) is 17.1 Å².